The van der Waals surface area contributed by atoms with Gasteiger partial charge in [-0.15, -0.1) is 0 Å². The SMILES string of the molecule is CNC(CCN1CC(C)OCC1C)c1cccc(Br)c1. The van der Waals surface area contributed by atoms with Crippen LogP contribution in [0.4, 0.5) is 0 Å². The third-order valence-corrected chi connectivity index (χ3v) is 4.53. The Kier molecular flexibility index (Phi) is 6.02. The van der Waals surface area contributed by atoms with Gasteiger partial charge in [-0.25, -0.2) is 0 Å². The molecule has 1 aliphatic heterocycles. The van der Waals surface area contributed by atoms with Gasteiger partial charge in [-0.3, -0.25) is 4.90 Å². The Morgan fingerprint density at radius 2 is 2.25 bits per heavy atom. The fourth-order valence-electron chi connectivity index (χ4n) is 2.78. The van der Waals surface area contributed by atoms with Gasteiger partial charge >= 0.3 is 0 Å². The first-order chi connectivity index (χ1) is 9.60. The lowest BCUT2D eigenvalue weighted by atomic mass is 10.0. The van der Waals surface area contributed by atoms with Gasteiger partial charge in [0.15, 0.2) is 0 Å². The van der Waals surface area contributed by atoms with Crippen molar-refractivity contribution >= 4 is 15.9 Å². The van der Waals surface area contributed by atoms with E-state index in [2.05, 4.69) is 64.3 Å². The molecule has 1 fully saturated rings. The van der Waals surface area contributed by atoms with Crippen molar-refractivity contribution in [3.05, 3.63) is 34.3 Å². The maximum atomic E-state index is 5.69. The highest BCUT2D eigenvalue weighted by Crippen LogP contribution is 2.22. The first-order valence-corrected chi connectivity index (χ1v) is 8.18. The molecule has 1 N–H and O–H groups in total. The van der Waals surface area contributed by atoms with Crippen LogP contribution in [0, 0.1) is 0 Å². The van der Waals surface area contributed by atoms with E-state index in [1.54, 1.807) is 0 Å². The molecule has 0 amide bonds. The van der Waals surface area contributed by atoms with Crippen molar-refractivity contribution in [3.63, 3.8) is 0 Å². The van der Waals surface area contributed by atoms with Crippen LogP contribution in [0.25, 0.3) is 0 Å². The molecule has 0 aliphatic carbocycles. The smallest absolute Gasteiger partial charge is 0.0674 e. The van der Waals surface area contributed by atoms with E-state index in [1.807, 2.05) is 7.05 Å². The van der Waals surface area contributed by atoms with Gasteiger partial charge in [0.05, 0.1) is 12.7 Å². The van der Waals surface area contributed by atoms with Crippen molar-refractivity contribution in [2.75, 3.05) is 26.7 Å². The molecule has 3 atom stereocenters. The van der Waals surface area contributed by atoms with Gasteiger partial charge in [0.2, 0.25) is 0 Å². The summed E-state index contributed by atoms with van der Waals surface area (Å²) in [5.74, 6) is 0. The van der Waals surface area contributed by atoms with Crippen LogP contribution < -0.4 is 5.32 Å². The molecule has 0 spiro atoms. The molecule has 3 unspecified atom stereocenters. The summed E-state index contributed by atoms with van der Waals surface area (Å²) in [6.07, 6.45) is 1.47. The topological polar surface area (TPSA) is 24.5 Å². The highest BCUT2D eigenvalue weighted by molar-refractivity contribution is 9.10. The minimum atomic E-state index is 0.352. The monoisotopic (exact) mass is 340 g/mol. The van der Waals surface area contributed by atoms with Gasteiger partial charge in [-0.1, -0.05) is 28.1 Å². The van der Waals surface area contributed by atoms with Gasteiger partial charge in [0.25, 0.3) is 0 Å². The Bertz CT molecular complexity index is 427. The molecule has 1 aromatic carbocycles. The number of ether oxygens (including phenoxy) is 1. The molecule has 2 rings (SSSR count). The van der Waals surface area contributed by atoms with E-state index in [0.717, 1.165) is 30.6 Å². The van der Waals surface area contributed by atoms with Crippen LogP contribution in [-0.2, 0) is 4.74 Å². The maximum absolute atomic E-state index is 5.69. The summed E-state index contributed by atoms with van der Waals surface area (Å²) in [5, 5.41) is 3.43. The first kappa shape index (κ1) is 16.0. The predicted molar refractivity (Wildman–Crippen MR) is 87.0 cm³/mol. The molecule has 112 valence electrons. The summed E-state index contributed by atoms with van der Waals surface area (Å²) in [7, 11) is 2.04. The van der Waals surface area contributed by atoms with Crippen LogP contribution in [0.15, 0.2) is 28.7 Å². The highest BCUT2D eigenvalue weighted by atomic mass is 79.9. The van der Waals surface area contributed by atoms with Crippen LogP contribution in [-0.4, -0.2) is 43.8 Å². The molecule has 0 bridgehead atoms. The summed E-state index contributed by atoms with van der Waals surface area (Å²) in [6.45, 7) is 7.40. The summed E-state index contributed by atoms with van der Waals surface area (Å²) in [6, 6.07) is 9.48. The molecule has 1 aromatic rings. The zero-order chi connectivity index (χ0) is 14.5. The lowest BCUT2D eigenvalue weighted by Gasteiger charge is -2.37. The van der Waals surface area contributed by atoms with Crippen molar-refractivity contribution in [1.29, 1.82) is 0 Å². The molecule has 3 nitrogen and oxygen atoms in total. The van der Waals surface area contributed by atoms with Crippen LogP contribution >= 0.6 is 15.9 Å². The van der Waals surface area contributed by atoms with E-state index in [9.17, 15) is 0 Å². The summed E-state index contributed by atoms with van der Waals surface area (Å²) < 4.78 is 6.83. The minimum Gasteiger partial charge on any atom is -0.376 e. The zero-order valence-corrected chi connectivity index (χ0v) is 14.2. The molecular formula is C16H25BrN2O. The van der Waals surface area contributed by atoms with Crippen molar-refractivity contribution in [2.45, 2.75) is 38.5 Å². The lowest BCUT2D eigenvalue weighted by molar-refractivity contribution is -0.0502. The third kappa shape index (κ3) is 4.29. The van der Waals surface area contributed by atoms with Crippen molar-refractivity contribution in [2.24, 2.45) is 0 Å². The second kappa shape index (κ2) is 7.55. The molecule has 4 heteroatoms. The Morgan fingerprint density at radius 3 is 2.95 bits per heavy atom. The Morgan fingerprint density at radius 1 is 1.45 bits per heavy atom. The average Bonchev–Trinajstić information content (AvgIpc) is 2.43. The van der Waals surface area contributed by atoms with E-state index in [1.165, 1.54) is 5.56 Å². The average molecular weight is 341 g/mol. The fourth-order valence-corrected chi connectivity index (χ4v) is 3.20. The van der Waals surface area contributed by atoms with E-state index in [0.29, 0.717) is 18.2 Å². The van der Waals surface area contributed by atoms with Gasteiger partial charge < -0.3 is 10.1 Å². The van der Waals surface area contributed by atoms with E-state index < -0.39 is 0 Å². The van der Waals surface area contributed by atoms with Crippen LogP contribution in [0.1, 0.15) is 31.9 Å². The standard InChI is InChI=1S/C16H25BrN2O/c1-12-11-20-13(2)10-19(12)8-7-16(18-3)14-5-4-6-15(17)9-14/h4-6,9,12-13,16,18H,7-8,10-11H2,1-3H3. The van der Waals surface area contributed by atoms with E-state index >= 15 is 0 Å². The third-order valence-electron chi connectivity index (χ3n) is 4.04. The number of rotatable bonds is 5. The first-order valence-electron chi connectivity index (χ1n) is 7.38. The second-order valence-electron chi connectivity index (χ2n) is 5.67. The Hall–Kier alpha value is -0.420. The Labute approximate surface area is 130 Å². The molecule has 20 heavy (non-hydrogen) atoms. The normalized spacial score (nSPS) is 25.6. The van der Waals surface area contributed by atoms with Crippen molar-refractivity contribution < 1.29 is 4.74 Å². The molecule has 0 radical (unpaired) electrons. The number of benzene rings is 1. The molecule has 0 aromatic heterocycles. The van der Waals surface area contributed by atoms with Crippen molar-refractivity contribution in [3.8, 4) is 0 Å². The van der Waals surface area contributed by atoms with Gasteiger partial charge in [-0.05, 0) is 45.0 Å². The van der Waals surface area contributed by atoms with E-state index in [-0.39, 0.29) is 0 Å². The number of hydrogen-bond acceptors (Lipinski definition) is 3. The number of hydrogen-bond donors (Lipinski definition) is 1. The molecule has 1 heterocycles. The van der Waals surface area contributed by atoms with Crippen molar-refractivity contribution in [1.82, 2.24) is 10.2 Å². The summed E-state index contributed by atoms with van der Waals surface area (Å²) in [4.78, 5) is 2.54. The largest absolute Gasteiger partial charge is 0.376 e. The fraction of sp³-hybridized carbons (Fsp3) is 0.625. The summed E-state index contributed by atoms with van der Waals surface area (Å²) >= 11 is 3.55. The Balaban J connectivity index is 1.93. The minimum absolute atomic E-state index is 0.352. The molecule has 0 saturated carbocycles. The van der Waals surface area contributed by atoms with Gasteiger partial charge in [0.1, 0.15) is 0 Å². The maximum Gasteiger partial charge on any atom is 0.0674 e. The quantitative estimate of drug-likeness (QED) is 0.890. The molecule has 1 aliphatic rings. The lowest BCUT2D eigenvalue weighted by Crippen LogP contribution is -2.48. The zero-order valence-electron chi connectivity index (χ0n) is 12.6. The van der Waals surface area contributed by atoms with Gasteiger partial charge in [-0.2, -0.15) is 0 Å². The number of nitrogens with one attached hydrogen (secondary N) is 1. The number of halogens is 1. The van der Waals surface area contributed by atoms with Gasteiger partial charge in [0, 0.05) is 29.6 Å². The number of morpholine rings is 1. The van der Waals surface area contributed by atoms with Crippen LogP contribution in [0.5, 0.6) is 0 Å². The highest BCUT2D eigenvalue weighted by Gasteiger charge is 2.23. The van der Waals surface area contributed by atoms with Crippen LogP contribution in [0.2, 0.25) is 0 Å². The number of nitrogens with zero attached hydrogens (tertiary/aromatic N) is 1. The van der Waals surface area contributed by atoms with E-state index in [4.69, 9.17) is 4.74 Å². The molecular weight excluding hydrogens is 316 g/mol. The molecule has 1 saturated heterocycles. The second-order valence-corrected chi connectivity index (χ2v) is 6.59. The van der Waals surface area contributed by atoms with Crippen LogP contribution in [0.3, 0.4) is 0 Å². The predicted octanol–water partition coefficient (Wildman–Crippen LogP) is 3.21. The summed E-state index contributed by atoms with van der Waals surface area (Å²) in [5.41, 5.74) is 1.34.